The number of piperidine rings is 1. The van der Waals surface area contributed by atoms with Crippen LogP contribution in [0.4, 0.5) is 0 Å². The van der Waals surface area contributed by atoms with Crippen molar-refractivity contribution in [2.45, 2.75) is 32.4 Å². The lowest BCUT2D eigenvalue weighted by molar-refractivity contribution is -0.125. The molecule has 8 heteroatoms. The monoisotopic (exact) mass is 384 g/mol. The maximum absolute atomic E-state index is 11.8. The molecule has 3 N–H and O–H groups in total. The van der Waals surface area contributed by atoms with Gasteiger partial charge >= 0.3 is 0 Å². The minimum Gasteiger partial charge on any atom is -0.353 e. The molecule has 1 aromatic heterocycles. The molecule has 1 aliphatic heterocycles. The van der Waals surface area contributed by atoms with Gasteiger partial charge in [-0.1, -0.05) is 13.0 Å². The van der Waals surface area contributed by atoms with E-state index in [-0.39, 0.29) is 55.1 Å². The molecule has 1 fully saturated rings. The fourth-order valence-corrected chi connectivity index (χ4v) is 2.41. The highest BCUT2D eigenvalue weighted by Gasteiger charge is 2.22. The van der Waals surface area contributed by atoms with Crippen LogP contribution in [-0.2, 0) is 11.3 Å². The van der Waals surface area contributed by atoms with Gasteiger partial charge < -0.3 is 11.1 Å². The lowest BCUT2D eigenvalue weighted by atomic mass is 10.0. The number of nitrogens with zero attached hydrogens (tertiary/aromatic N) is 2. The standard InChI is InChI=1S/C15H24N4O.3ClH/c1-12(10-16)15(20)18-13-5-8-19(9-6-13)11-14-4-2-3-7-17-14;;;/h2-4,7,12-13H,5-6,8-11,16H2,1H3,(H,18,20);3*1H. The van der Waals surface area contributed by atoms with E-state index in [1.807, 2.05) is 25.3 Å². The summed E-state index contributed by atoms with van der Waals surface area (Å²) in [5.41, 5.74) is 6.61. The van der Waals surface area contributed by atoms with E-state index in [0.717, 1.165) is 38.2 Å². The van der Waals surface area contributed by atoms with Crippen molar-refractivity contribution in [3.8, 4) is 0 Å². The van der Waals surface area contributed by atoms with E-state index < -0.39 is 0 Å². The third kappa shape index (κ3) is 8.18. The second-order valence-electron chi connectivity index (χ2n) is 5.52. The lowest BCUT2D eigenvalue weighted by Gasteiger charge is -2.32. The Labute approximate surface area is 157 Å². The molecule has 0 spiro atoms. The van der Waals surface area contributed by atoms with Crippen LogP contribution < -0.4 is 11.1 Å². The van der Waals surface area contributed by atoms with Crippen LogP contribution in [0.3, 0.4) is 0 Å². The molecule has 1 aliphatic rings. The van der Waals surface area contributed by atoms with E-state index in [1.54, 1.807) is 0 Å². The second-order valence-corrected chi connectivity index (χ2v) is 5.52. The van der Waals surface area contributed by atoms with Gasteiger partial charge in [-0.15, -0.1) is 37.2 Å². The topological polar surface area (TPSA) is 71.2 Å². The Balaban J connectivity index is 0. The highest BCUT2D eigenvalue weighted by atomic mass is 35.5. The van der Waals surface area contributed by atoms with Gasteiger partial charge in [0.1, 0.15) is 0 Å². The van der Waals surface area contributed by atoms with Crippen molar-refractivity contribution in [3.63, 3.8) is 0 Å². The minimum atomic E-state index is -0.0958. The van der Waals surface area contributed by atoms with Gasteiger partial charge in [-0.25, -0.2) is 0 Å². The van der Waals surface area contributed by atoms with Crippen LogP contribution >= 0.6 is 37.2 Å². The normalized spacial score (nSPS) is 16.3. The van der Waals surface area contributed by atoms with E-state index in [2.05, 4.69) is 21.3 Å². The van der Waals surface area contributed by atoms with Gasteiger partial charge in [0.25, 0.3) is 0 Å². The van der Waals surface area contributed by atoms with E-state index in [0.29, 0.717) is 6.54 Å². The van der Waals surface area contributed by atoms with Crippen molar-refractivity contribution in [1.29, 1.82) is 0 Å². The van der Waals surface area contributed by atoms with Crippen molar-refractivity contribution in [1.82, 2.24) is 15.2 Å². The van der Waals surface area contributed by atoms with Crippen LogP contribution in [0.1, 0.15) is 25.5 Å². The molecule has 1 atom stereocenters. The zero-order valence-electron chi connectivity index (χ0n) is 13.3. The Morgan fingerprint density at radius 2 is 2.00 bits per heavy atom. The van der Waals surface area contributed by atoms with Gasteiger partial charge in [-0.3, -0.25) is 14.7 Å². The molecular weight excluding hydrogens is 359 g/mol. The summed E-state index contributed by atoms with van der Waals surface area (Å²) in [6, 6.07) is 6.29. The van der Waals surface area contributed by atoms with Crippen LogP contribution in [-0.4, -0.2) is 41.5 Å². The molecule has 0 saturated carbocycles. The number of hydrogen-bond donors (Lipinski definition) is 2. The number of aromatic nitrogens is 1. The molecular formula is C15H27Cl3N4O. The summed E-state index contributed by atoms with van der Waals surface area (Å²) in [4.78, 5) is 18.5. The molecule has 1 saturated heterocycles. The SMILES string of the molecule is CC(CN)C(=O)NC1CCN(Cc2ccccn2)CC1.Cl.Cl.Cl. The number of nitrogens with one attached hydrogen (secondary N) is 1. The van der Waals surface area contributed by atoms with Gasteiger partial charge in [0.15, 0.2) is 0 Å². The van der Waals surface area contributed by atoms with Crippen LogP contribution in [0.5, 0.6) is 0 Å². The fraction of sp³-hybridized carbons (Fsp3) is 0.600. The molecule has 1 unspecified atom stereocenters. The first kappa shape index (κ1) is 24.7. The molecule has 0 aliphatic carbocycles. The van der Waals surface area contributed by atoms with Crippen molar-refractivity contribution >= 4 is 43.1 Å². The quantitative estimate of drug-likeness (QED) is 0.813. The van der Waals surface area contributed by atoms with Crippen LogP contribution in [0.25, 0.3) is 0 Å². The average Bonchev–Trinajstić information content (AvgIpc) is 2.49. The molecule has 2 heterocycles. The highest BCUT2D eigenvalue weighted by molar-refractivity contribution is 5.86. The number of rotatable bonds is 5. The third-order valence-electron chi connectivity index (χ3n) is 3.85. The first-order valence-corrected chi connectivity index (χ1v) is 7.31. The summed E-state index contributed by atoms with van der Waals surface area (Å²) < 4.78 is 0. The van der Waals surface area contributed by atoms with E-state index in [9.17, 15) is 4.79 Å². The Morgan fingerprint density at radius 1 is 1.35 bits per heavy atom. The average molecular weight is 386 g/mol. The van der Waals surface area contributed by atoms with E-state index in [4.69, 9.17) is 5.73 Å². The summed E-state index contributed by atoms with van der Waals surface area (Å²) in [6.07, 6.45) is 3.82. The fourth-order valence-electron chi connectivity index (χ4n) is 2.41. The van der Waals surface area contributed by atoms with Gasteiger partial charge in [-0.2, -0.15) is 0 Å². The number of amides is 1. The molecule has 134 valence electrons. The molecule has 1 amide bonds. The maximum atomic E-state index is 11.8. The molecule has 0 bridgehead atoms. The van der Waals surface area contributed by atoms with Crippen molar-refractivity contribution in [2.24, 2.45) is 11.7 Å². The molecule has 0 radical (unpaired) electrons. The van der Waals surface area contributed by atoms with Gasteiger partial charge in [0, 0.05) is 44.3 Å². The summed E-state index contributed by atoms with van der Waals surface area (Å²) >= 11 is 0. The molecule has 23 heavy (non-hydrogen) atoms. The summed E-state index contributed by atoms with van der Waals surface area (Å²) in [6.45, 7) is 5.16. The number of pyridine rings is 1. The van der Waals surface area contributed by atoms with Gasteiger partial charge in [0.05, 0.1) is 5.69 Å². The predicted octanol–water partition coefficient (Wildman–Crippen LogP) is 2.02. The maximum Gasteiger partial charge on any atom is 0.224 e. The zero-order chi connectivity index (χ0) is 14.4. The number of hydrogen-bond acceptors (Lipinski definition) is 4. The molecule has 5 nitrogen and oxygen atoms in total. The number of nitrogens with two attached hydrogens (primary N) is 1. The van der Waals surface area contributed by atoms with E-state index in [1.165, 1.54) is 0 Å². The van der Waals surface area contributed by atoms with Crippen LogP contribution in [0.2, 0.25) is 0 Å². The molecule has 2 rings (SSSR count). The van der Waals surface area contributed by atoms with Gasteiger partial charge in [-0.05, 0) is 25.0 Å². The lowest BCUT2D eigenvalue weighted by Crippen LogP contribution is -2.46. The highest BCUT2D eigenvalue weighted by Crippen LogP contribution is 2.13. The largest absolute Gasteiger partial charge is 0.353 e. The first-order valence-electron chi connectivity index (χ1n) is 7.31. The van der Waals surface area contributed by atoms with Crippen LogP contribution in [0.15, 0.2) is 24.4 Å². The summed E-state index contributed by atoms with van der Waals surface area (Å²) in [5.74, 6) is -0.0165. The Morgan fingerprint density at radius 3 is 2.52 bits per heavy atom. The predicted molar refractivity (Wildman–Crippen MR) is 101 cm³/mol. The van der Waals surface area contributed by atoms with Gasteiger partial charge in [0.2, 0.25) is 5.91 Å². The molecule has 0 aromatic carbocycles. The zero-order valence-corrected chi connectivity index (χ0v) is 15.8. The number of likely N-dealkylation sites (tertiary alicyclic amines) is 1. The Kier molecular flexibility index (Phi) is 13.7. The Hall–Kier alpha value is -0.590. The minimum absolute atomic E-state index is 0. The van der Waals surface area contributed by atoms with E-state index >= 15 is 0 Å². The first-order chi connectivity index (χ1) is 9.69. The Bertz CT molecular complexity index is 428. The smallest absolute Gasteiger partial charge is 0.224 e. The second kappa shape index (κ2) is 12.8. The summed E-state index contributed by atoms with van der Waals surface area (Å²) in [5, 5.41) is 3.09. The number of halogens is 3. The number of carbonyl (C=O) groups excluding carboxylic acids is 1. The van der Waals surface area contributed by atoms with Crippen LogP contribution in [0, 0.1) is 5.92 Å². The third-order valence-corrected chi connectivity index (χ3v) is 3.85. The summed E-state index contributed by atoms with van der Waals surface area (Å²) in [7, 11) is 0. The molecule has 1 aromatic rings. The number of carbonyl (C=O) groups is 1. The van der Waals surface area contributed by atoms with Crippen molar-refractivity contribution in [2.75, 3.05) is 19.6 Å². The van der Waals surface area contributed by atoms with Crippen molar-refractivity contribution in [3.05, 3.63) is 30.1 Å². The van der Waals surface area contributed by atoms with Crippen molar-refractivity contribution < 1.29 is 4.79 Å².